The highest BCUT2D eigenvalue weighted by molar-refractivity contribution is 7.78. The van der Waals surface area contributed by atoms with Gasteiger partial charge in [-0.3, -0.25) is 0 Å². The summed E-state index contributed by atoms with van der Waals surface area (Å²) in [4.78, 5) is 0. The molecule has 5 heteroatoms. The quantitative estimate of drug-likeness (QED) is 0.522. The van der Waals surface area contributed by atoms with Gasteiger partial charge in [0.15, 0.2) is 0 Å². The van der Waals surface area contributed by atoms with Crippen LogP contribution in [0.4, 0.5) is 0 Å². The molecule has 0 aliphatic heterocycles. The molecule has 1 aromatic rings. The third kappa shape index (κ3) is 5.10. The summed E-state index contributed by atoms with van der Waals surface area (Å²) < 4.78 is 0. The lowest BCUT2D eigenvalue weighted by molar-refractivity contribution is 0.475. The molecule has 12 heavy (non-hydrogen) atoms. The van der Waals surface area contributed by atoms with Crippen molar-refractivity contribution in [1.82, 2.24) is 0 Å². The first-order valence-electron chi connectivity index (χ1n) is 2.79. The van der Waals surface area contributed by atoms with Gasteiger partial charge in [-0.1, -0.05) is 23.2 Å². The van der Waals surface area contributed by atoms with Gasteiger partial charge in [0.05, 0.1) is 5.16 Å². The Balaban J connectivity index is 0.000000354. The Kier molecular flexibility index (Phi) is 5.68. The molecule has 0 unspecified atom stereocenters. The number of halogens is 2. The number of phenolic OH excluding ortho intramolecular Hbond substituents is 1. The van der Waals surface area contributed by atoms with Crippen LogP contribution in [-0.2, 0) is 0 Å². The van der Waals surface area contributed by atoms with Crippen LogP contribution >= 0.6 is 35.4 Å². The zero-order valence-corrected chi connectivity index (χ0v) is 8.17. The van der Waals surface area contributed by atoms with E-state index in [0.29, 0.717) is 10.0 Å². The van der Waals surface area contributed by atoms with E-state index in [-0.39, 0.29) is 5.75 Å². The molecule has 0 radical (unpaired) electrons. The highest BCUT2D eigenvalue weighted by atomic mass is 35.5. The summed E-state index contributed by atoms with van der Waals surface area (Å²) in [6.45, 7) is 0. The van der Waals surface area contributed by atoms with Gasteiger partial charge < -0.3 is 5.11 Å². The lowest BCUT2D eigenvalue weighted by atomic mass is 10.3. The molecule has 0 heterocycles. The van der Waals surface area contributed by atoms with E-state index in [1.807, 2.05) is 0 Å². The largest absolute Gasteiger partial charge is 0.508 e. The van der Waals surface area contributed by atoms with Gasteiger partial charge in [-0.15, -0.1) is 0 Å². The number of isothiocyanates is 1. The number of aromatic hydroxyl groups is 1. The lowest BCUT2D eigenvalue weighted by Crippen LogP contribution is -1.65. The summed E-state index contributed by atoms with van der Waals surface area (Å²) in [6, 6.07) is 4.41. The normalized spacial score (nSPS) is 7.83. The highest BCUT2D eigenvalue weighted by Crippen LogP contribution is 2.22. The Morgan fingerprint density at radius 1 is 1.25 bits per heavy atom. The van der Waals surface area contributed by atoms with Crippen molar-refractivity contribution in [3.8, 4) is 5.75 Å². The second-order valence-corrected chi connectivity index (χ2v) is 2.81. The molecule has 0 aliphatic carbocycles. The first kappa shape index (κ1) is 11.4. The third-order valence-corrected chi connectivity index (χ3v) is 1.28. The maximum Gasteiger partial charge on any atom is 0.118 e. The van der Waals surface area contributed by atoms with E-state index in [0.717, 1.165) is 0 Å². The van der Waals surface area contributed by atoms with E-state index in [2.05, 4.69) is 12.2 Å². The molecule has 0 saturated heterocycles. The van der Waals surface area contributed by atoms with Crippen LogP contribution in [0.5, 0.6) is 5.75 Å². The second-order valence-electron chi connectivity index (χ2n) is 1.73. The third-order valence-electron chi connectivity index (χ3n) is 0.847. The minimum absolute atomic E-state index is 0.0903. The van der Waals surface area contributed by atoms with Crippen LogP contribution in [0.25, 0.3) is 0 Å². The molecule has 0 saturated carbocycles. The van der Waals surface area contributed by atoms with Crippen LogP contribution in [0.1, 0.15) is 0 Å². The van der Waals surface area contributed by atoms with E-state index < -0.39 is 0 Å². The molecule has 0 amide bonds. The van der Waals surface area contributed by atoms with Gasteiger partial charge in [0.1, 0.15) is 5.75 Å². The molecule has 0 aromatic heterocycles. The zero-order chi connectivity index (χ0) is 9.56. The SMILES string of the molecule is N=C=S.Oc1cc(Cl)cc(Cl)c1. The van der Waals surface area contributed by atoms with Crippen molar-refractivity contribution >= 4 is 40.6 Å². The van der Waals surface area contributed by atoms with Gasteiger partial charge >= 0.3 is 0 Å². The molecule has 0 fully saturated rings. The van der Waals surface area contributed by atoms with E-state index >= 15 is 0 Å². The standard InChI is InChI=1S/C6H4Cl2O.CHNS/c7-4-1-5(8)3-6(9)2-4;2-1-3/h1-3,9H;2H. The summed E-state index contributed by atoms with van der Waals surface area (Å²) >= 11 is 14.8. The van der Waals surface area contributed by atoms with Gasteiger partial charge in [0.25, 0.3) is 0 Å². The summed E-state index contributed by atoms with van der Waals surface area (Å²) in [6.07, 6.45) is 0. The number of hydrogen-bond donors (Lipinski definition) is 2. The van der Waals surface area contributed by atoms with Gasteiger partial charge in [0, 0.05) is 10.0 Å². The fourth-order valence-electron chi connectivity index (χ4n) is 0.539. The minimum Gasteiger partial charge on any atom is -0.508 e. The molecule has 0 aliphatic rings. The van der Waals surface area contributed by atoms with Crippen LogP contribution in [0.3, 0.4) is 0 Å². The van der Waals surface area contributed by atoms with Crippen molar-refractivity contribution in [2.24, 2.45) is 0 Å². The number of benzene rings is 1. The zero-order valence-electron chi connectivity index (χ0n) is 5.84. The summed E-state index contributed by atoms with van der Waals surface area (Å²) in [7, 11) is 0. The molecule has 1 aromatic carbocycles. The monoisotopic (exact) mass is 221 g/mol. The van der Waals surface area contributed by atoms with Crippen LogP contribution in [0, 0.1) is 5.41 Å². The molecule has 0 atom stereocenters. The van der Waals surface area contributed by atoms with Crippen molar-refractivity contribution in [2.75, 3.05) is 0 Å². The van der Waals surface area contributed by atoms with E-state index in [1.54, 1.807) is 11.2 Å². The predicted octanol–water partition coefficient (Wildman–Crippen LogP) is 3.37. The average Bonchev–Trinajstić information content (AvgIpc) is 1.84. The number of phenols is 1. The maximum atomic E-state index is 8.82. The Morgan fingerprint density at radius 2 is 1.58 bits per heavy atom. The molecular formula is C7H5Cl2NOS. The molecule has 2 nitrogen and oxygen atoms in total. The molecule has 0 bridgehead atoms. The lowest BCUT2D eigenvalue weighted by Gasteiger charge is -1.92. The Bertz CT molecular complexity index is 247. The van der Waals surface area contributed by atoms with Crippen LogP contribution in [-0.4, -0.2) is 10.3 Å². The number of thiocarbonyl (C=S) groups is 1. The minimum atomic E-state index is 0.0903. The summed E-state index contributed by atoms with van der Waals surface area (Å²) in [5, 5.41) is 17.1. The number of rotatable bonds is 0. The first-order chi connectivity index (χ1) is 5.60. The Labute approximate surface area is 85.2 Å². The molecule has 0 spiro atoms. The fraction of sp³-hybridized carbons (Fsp3) is 0. The summed E-state index contributed by atoms with van der Waals surface area (Å²) in [5.41, 5.74) is 0. The van der Waals surface area contributed by atoms with Gasteiger partial charge in [-0.05, 0) is 30.4 Å². The van der Waals surface area contributed by atoms with Gasteiger partial charge in [0.2, 0.25) is 0 Å². The van der Waals surface area contributed by atoms with Crippen molar-refractivity contribution in [2.45, 2.75) is 0 Å². The van der Waals surface area contributed by atoms with Crippen LogP contribution in [0.2, 0.25) is 10.0 Å². The molecule has 1 rings (SSSR count). The van der Waals surface area contributed by atoms with E-state index in [9.17, 15) is 0 Å². The van der Waals surface area contributed by atoms with Crippen molar-refractivity contribution in [3.05, 3.63) is 28.2 Å². The van der Waals surface area contributed by atoms with Crippen LogP contribution < -0.4 is 0 Å². The van der Waals surface area contributed by atoms with Crippen molar-refractivity contribution in [1.29, 1.82) is 5.41 Å². The first-order valence-corrected chi connectivity index (χ1v) is 3.95. The Hall–Kier alpha value is -0.600. The highest BCUT2D eigenvalue weighted by Gasteiger charge is 1.93. The van der Waals surface area contributed by atoms with Crippen molar-refractivity contribution < 1.29 is 5.11 Å². The Morgan fingerprint density at radius 3 is 1.83 bits per heavy atom. The molecule has 2 N–H and O–H groups in total. The smallest absolute Gasteiger partial charge is 0.118 e. The summed E-state index contributed by atoms with van der Waals surface area (Å²) in [5.74, 6) is 0.0903. The van der Waals surface area contributed by atoms with Gasteiger partial charge in [-0.25, -0.2) is 5.41 Å². The topological polar surface area (TPSA) is 44.1 Å². The number of nitrogens with one attached hydrogen (secondary N) is 1. The molecular weight excluding hydrogens is 217 g/mol. The average molecular weight is 222 g/mol. The maximum absolute atomic E-state index is 8.82. The number of hydrogen-bond acceptors (Lipinski definition) is 3. The second kappa shape index (κ2) is 5.98. The van der Waals surface area contributed by atoms with Crippen LogP contribution in [0.15, 0.2) is 18.2 Å². The fourth-order valence-corrected chi connectivity index (χ4v) is 1.05. The predicted molar refractivity (Wildman–Crippen MR) is 53.4 cm³/mol. The van der Waals surface area contributed by atoms with Gasteiger partial charge in [-0.2, -0.15) is 0 Å². The molecule has 64 valence electrons. The van der Waals surface area contributed by atoms with E-state index in [4.69, 9.17) is 33.7 Å². The van der Waals surface area contributed by atoms with Crippen molar-refractivity contribution in [3.63, 3.8) is 0 Å². The van der Waals surface area contributed by atoms with E-state index in [1.165, 1.54) is 12.1 Å².